The topological polar surface area (TPSA) is 0 Å². The van der Waals surface area contributed by atoms with Crippen molar-refractivity contribution in [2.24, 2.45) is 0 Å². The van der Waals surface area contributed by atoms with Crippen molar-refractivity contribution < 1.29 is 0 Å². The molecule has 0 aliphatic heterocycles. The van der Waals surface area contributed by atoms with Crippen molar-refractivity contribution in [2.45, 2.75) is 0 Å². The summed E-state index contributed by atoms with van der Waals surface area (Å²) < 4.78 is 0. The van der Waals surface area contributed by atoms with Gasteiger partial charge in [0.1, 0.15) is 5.39 Å². The average Bonchev–Trinajstić information content (AvgIpc) is 2.66. The number of rotatable bonds is 0. The lowest BCUT2D eigenvalue weighted by Crippen LogP contribution is -1.79. The SMILES string of the molecule is c1cc2ccc3[cH+]ccc4cc(c1)c2c3-4. The molecule has 0 radical (unpaired) electrons. The summed E-state index contributed by atoms with van der Waals surface area (Å²) in [5, 5.41) is 5.48. The molecule has 0 aromatic heterocycles. The fraction of sp³-hybridized carbons (Fsp3) is 0. The van der Waals surface area contributed by atoms with Crippen LogP contribution in [0.5, 0.6) is 0 Å². The zero-order valence-electron chi connectivity index (χ0n) is 8.20. The molecule has 0 heterocycles. The minimum Gasteiger partial charge on any atom is -0.0609 e. The van der Waals surface area contributed by atoms with Crippen LogP contribution in [0, 0.1) is 0 Å². The predicted octanol–water partition coefficient (Wildman–Crippen LogP) is 4.25. The fourth-order valence-electron chi connectivity index (χ4n) is 2.62. The van der Waals surface area contributed by atoms with Crippen LogP contribution < -0.4 is 0 Å². The van der Waals surface area contributed by atoms with Crippen LogP contribution in [0.2, 0.25) is 0 Å². The van der Waals surface area contributed by atoms with Gasteiger partial charge in [-0.25, -0.2) is 0 Å². The quantitative estimate of drug-likeness (QED) is 0.286. The highest BCUT2D eigenvalue weighted by atomic mass is 14.2. The van der Waals surface area contributed by atoms with E-state index in [-0.39, 0.29) is 0 Å². The van der Waals surface area contributed by atoms with Gasteiger partial charge < -0.3 is 0 Å². The molecule has 0 nitrogen and oxygen atoms in total. The Labute approximate surface area is 87.8 Å². The van der Waals surface area contributed by atoms with Crippen LogP contribution in [-0.4, -0.2) is 0 Å². The first kappa shape index (κ1) is 7.36. The number of hydrogen-bond donors (Lipinski definition) is 0. The van der Waals surface area contributed by atoms with Gasteiger partial charge in [-0.15, -0.1) is 0 Å². The van der Waals surface area contributed by atoms with Crippen LogP contribution >= 0.6 is 0 Å². The maximum Gasteiger partial charge on any atom is 0.105 e. The maximum atomic E-state index is 2.28. The van der Waals surface area contributed by atoms with Gasteiger partial charge >= 0.3 is 0 Å². The molecule has 0 fully saturated rings. The molecule has 0 saturated carbocycles. The largest absolute Gasteiger partial charge is 0.105 e. The molecule has 0 N–H and O–H groups in total. The zero-order valence-corrected chi connectivity index (χ0v) is 8.20. The van der Waals surface area contributed by atoms with Crippen molar-refractivity contribution in [3.8, 4) is 11.1 Å². The average molecular weight is 189 g/mol. The summed E-state index contributed by atoms with van der Waals surface area (Å²) in [7, 11) is 0. The molecule has 0 bridgehead atoms. The molecule has 0 spiro atoms. The van der Waals surface area contributed by atoms with E-state index in [0.29, 0.717) is 0 Å². The third kappa shape index (κ3) is 0.798. The summed E-state index contributed by atoms with van der Waals surface area (Å²) in [6.07, 6.45) is 0. The van der Waals surface area contributed by atoms with Crippen LogP contribution in [-0.2, 0) is 0 Å². The van der Waals surface area contributed by atoms with E-state index in [2.05, 4.69) is 54.6 Å². The monoisotopic (exact) mass is 189 g/mol. The molecule has 4 rings (SSSR count). The summed E-state index contributed by atoms with van der Waals surface area (Å²) in [5.41, 5.74) is 2.78. The van der Waals surface area contributed by atoms with Gasteiger partial charge in [-0.05, 0) is 17.5 Å². The number of benzene rings is 3. The Morgan fingerprint density at radius 3 is 2.80 bits per heavy atom. The van der Waals surface area contributed by atoms with Gasteiger partial charge in [0.25, 0.3) is 0 Å². The third-order valence-corrected chi connectivity index (χ3v) is 3.26. The van der Waals surface area contributed by atoms with Gasteiger partial charge in [0.15, 0.2) is 0 Å². The molecule has 2 aromatic rings. The lowest BCUT2D eigenvalue weighted by molar-refractivity contribution is 1.75. The van der Waals surface area contributed by atoms with Gasteiger partial charge in [0, 0.05) is 35.0 Å². The smallest absolute Gasteiger partial charge is 0.0609 e. The van der Waals surface area contributed by atoms with Crippen molar-refractivity contribution in [2.75, 3.05) is 0 Å². The van der Waals surface area contributed by atoms with E-state index in [1.807, 2.05) is 0 Å². The second-order valence-corrected chi connectivity index (χ2v) is 4.10. The first-order valence-corrected chi connectivity index (χ1v) is 5.23. The second-order valence-electron chi connectivity index (χ2n) is 4.10. The Kier molecular flexibility index (Phi) is 1.15. The zero-order chi connectivity index (χ0) is 9.83. The normalized spacial score (nSPS) is 12.0. The molecule has 68 valence electrons. The lowest BCUT2D eigenvalue weighted by atomic mass is 9.98. The highest BCUT2D eigenvalue weighted by Crippen LogP contribution is 2.40. The molecule has 0 amide bonds. The van der Waals surface area contributed by atoms with E-state index in [1.165, 1.54) is 32.7 Å². The van der Waals surface area contributed by atoms with Crippen LogP contribution in [0.1, 0.15) is 0 Å². The second kappa shape index (κ2) is 2.34. The van der Waals surface area contributed by atoms with Crippen LogP contribution in [0.25, 0.3) is 32.7 Å². The Balaban J connectivity index is 2.47. The van der Waals surface area contributed by atoms with E-state index < -0.39 is 0 Å². The molecule has 2 aliphatic carbocycles. The van der Waals surface area contributed by atoms with E-state index in [0.717, 1.165) is 0 Å². The third-order valence-electron chi connectivity index (χ3n) is 3.26. The molecule has 2 aromatic carbocycles. The van der Waals surface area contributed by atoms with Crippen molar-refractivity contribution in [1.82, 2.24) is 0 Å². The lowest BCUT2D eigenvalue weighted by Gasteiger charge is -1.99. The molecule has 0 atom stereocenters. The molecular weight excluding hydrogens is 180 g/mol. The van der Waals surface area contributed by atoms with Crippen LogP contribution in [0.4, 0.5) is 0 Å². The van der Waals surface area contributed by atoms with E-state index in [4.69, 9.17) is 0 Å². The molecule has 0 unspecified atom stereocenters. The van der Waals surface area contributed by atoms with E-state index >= 15 is 0 Å². The molecule has 0 heteroatoms. The van der Waals surface area contributed by atoms with Crippen molar-refractivity contribution in [1.29, 1.82) is 0 Å². The maximum absolute atomic E-state index is 2.28. The molecule has 0 saturated heterocycles. The van der Waals surface area contributed by atoms with Crippen LogP contribution in [0.3, 0.4) is 0 Å². The highest BCUT2D eigenvalue weighted by Gasteiger charge is 2.19. The predicted molar refractivity (Wildman–Crippen MR) is 64.9 cm³/mol. The Hall–Kier alpha value is -1.95. The minimum absolute atomic E-state index is 1.35. The summed E-state index contributed by atoms with van der Waals surface area (Å²) in [4.78, 5) is 0. The summed E-state index contributed by atoms with van der Waals surface area (Å²) in [6, 6.07) is 19.7. The Morgan fingerprint density at radius 2 is 1.80 bits per heavy atom. The van der Waals surface area contributed by atoms with Gasteiger partial charge in [-0.3, -0.25) is 0 Å². The van der Waals surface area contributed by atoms with Gasteiger partial charge in [0.2, 0.25) is 0 Å². The van der Waals surface area contributed by atoms with E-state index in [9.17, 15) is 0 Å². The highest BCUT2D eigenvalue weighted by molar-refractivity contribution is 6.17. The first-order valence-electron chi connectivity index (χ1n) is 5.23. The summed E-state index contributed by atoms with van der Waals surface area (Å²) in [6.45, 7) is 0. The molecule has 15 heavy (non-hydrogen) atoms. The summed E-state index contributed by atoms with van der Waals surface area (Å²) in [5.74, 6) is 0. The fourth-order valence-corrected chi connectivity index (χ4v) is 2.62. The Bertz CT molecular complexity index is 715. The molecular formula is C15H9+. The number of hydrogen-bond acceptors (Lipinski definition) is 0. The van der Waals surface area contributed by atoms with Crippen molar-refractivity contribution >= 4 is 21.5 Å². The van der Waals surface area contributed by atoms with Crippen molar-refractivity contribution in [3.05, 3.63) is 54.6 Å². The van der Waals surface area contributed by atoms with Gasteiger partial charge in [0.05, 0.1) is 11.1 Å². The molecule has 2 aliphatic rings. The van der Waals surface area contributed by atoms with Gasteiger partial charge in [-0.2, -0.15) is 0 Å². The minimum atomic E-state index is 1.35. The van der Waals surface area contributed by atoms with E-state index in [1.54, 1.807) is 0 Å². The summed E-state index contributed by atoms with van der Waals surface area (Å²) >= 11 is 0. The Morgan fingerprint density at radius 1 is 0.867 bits per heavy atom. The first-order chi connectivity index (χ1) is 7.43. The standard InChI is InChI=1S/C15H9/c1-3-10-7-8-11-4-2-6-13-9-12(5-1)14(10)15(11)13/h1-9H/q+1. The van der Waals surface area contributed by atoms with Crippen LogP contribution in [0.15, 0.2) is 54.6 Å². The van der Waals surface area contributed by atoms with Crippen molar-refractivity contribution in [3.63, 3.8) is 0 Å². The van der Waals surface area contributed by atoms with Gasteiger partial charge in [-0.1, -0.05) is 18.2 Å².